The van der Waals surface area contributed by atoms with E-state index in [9.17, 15) is 18.0 Å². The quantitative estimate of drug-likeness (QED) is 0.892. The molecule has 17 heavy (non-hydrogen) atoms. The lowest BCUT2D eigenvalue weighted by Gasteiger charge is -2.20. The van der Waals surface area contributed by atoms with Crippen molar-refractivity contribution in [3.8, 4) is 0 Å². The van der Waals surface area contributed by atoms with Crippen molar-refractivity contribution in [3.05, 3.63) is 34.3 Å². The number of rotatable bonds is 2. The molecular formula is C11H9BrF3NO. The second kappa shape index (κ2) is 4.01. The van der Waals surface area contributed by atoms with Crippen molar-refractivity contribution < 1.29 is 18.0 Å². The minimum atomic E-state index is -4.38. The van der Waals surface area contributed by atoms with E-state index in [-0.39, 0.29) is 18.4 Å². The smallest absolute Gasteiger partial charge is 0.338 e. The molecule has 2 nitrogen and oxygen atoms in total. The van der Waals surface area contributed by atoms with Crippen LogP contribution in [0.25, 0.3) is 0 Å². The van der Waals surface area contributed by atoms with Gasteiger partial charge in [-0.2, -0.15) is 13.2 Å². The predicted octanol–water partition coefficient (Wildman–Crippen LogP) is 3.27. The summed E-state index contributed by atoms with van der Waals surface area (Å²) in [6, 6.07) is 6.27. The van der Waals surface area contributed by atoms with Crippen LogP contribution in [0.1, 0.15) is 23.2 Å². The number of carbonyl (C=O) groups is 1. The van der Waals surface area contributed by atoms with Gasteiger partial charge in [-0.1, -0.05) is 22.0 Å². The Bertz CT molecular complexity index is 454. The molecule has 0 saturated heterocycles. The van der Waals surface area contributed by atoms with Crippen molar-refractivity contribution in [1.29, 1.82) is 0 Å². The fraction of sp³-hybridized carbons (Fsp3) is 0.364. The summed E-state index contributed by atoms with van der Waals surface area (Å²) in [6.07, 6.45) is -4.47. The minimum Gasteiger partial charge on any atom is -0.338 e. The molecule has 0 aliphatic heterocycles. The van der Waals surface area contributed by atoms with E-state index in [0.717, 1.165) is 0 Å². The molecule has 1 N–H and O–H groups in total. The van der Waals surface area contributed by atoms with Crippen LogP contribution in [0.2, 0.25) is 0 Å². The molecule has 1 aliphatic rings. The lowest BCUT2D eigenvalue weighted by molar-refractivity contribution is -0.163. The standard InChI is InChI=1S/C11H9BrF3NO/c12-8-3-1-2-7(6-8)9(17)16-10(4-5-10)11(13,14)15/h1-3,6H,4-5H2,(H,16,17). The fourth-order valence-corrected chi connectivity index (χ4v) is 1.92. The van der Waals surface area contributed by atoms with E-state index in [0.29, 0.717) is 4.47 Å². The lowest BCUT2D eigenvalue weighted by Crippen LogP contribution is -2.47. The van der Waals surface area contributed by atoms with Crippen LogP contribution >= 0.6 is 15.9 Å². The van der Waals surface area contributed by atoms with E-state index in [1.54, 1.807) is 12.1 Å². The van der Waals surface area contributed by atoms with Crippen molar-refractivity contribution in [3.63, 3.8) is 0 Å². The molecule has 1 fully saturated rings. The summed E-state index contributed by atoms with van der Waals surface area (Å²) in [5.74, 6) is -0.693. The SMILES string of the molecule is O=C(NC1(C(F)(F)F)CC1)c1cccc(Br)c1. The molecule has 0 spiro atoms. The molecule has 0 unspecified atom stereocenters. The van der Waals surface area contributed by atoms with Gasteiger partial charge in [0.25, 0.3) is 5.91 Å². The molecule has 0 heterocycles. The lowest BCUT2D eigenvalue weighted by atomic mass is 10.2. The van der Waals surface area contributed by atoms with Gasteiger partial charge in [0, 0.05) is 10.0 Å². The average Bonchev–Trinajstić information content (AvgIpc) is 2.98. The normalized spacial score (nSPS) is 17.6. The van der Waals surface area contributed by atoms with Crippen LogP contribution in [0.4, 0.5) is 13.2 Å². The molecule has 2 rings (SSSR count). The molecule has 1 aromatic carbocycles. The van der Waals surface area contributed by atoms with E-state index in [1.165, 1.54) is 12.1 Å². The highest BCUT2D eigenvalue weighted by molar-refractivity contribution is 9.10. The van der Waals surface area contributed by atoms with Crippen molar-refractivity contribution in [2.45, 2.75) is 24.6 Å². The number of hydrogen-bond acceptors (Lipinski definition) is 1. The van der Waals surface area contributed by atoms with Crippen molar-refractivity contribution >= 4 is 21.8 Å². The Labute approximate surface area is 104 Å². The summed E-state index contributed by atoms with van der Waals surface area (Å²) in [4.78, 5) is 11.7. The number of nitrogens with one attached hydrogen (secondary N) is 1. The summed E-state index contributed by atoms with van der Waals surface area (Å²) in [5, 5.41) is 2.07. The molecular weight excluding hydrogens is 299 g/mol. The van der Waals surface area contributed by atoms with E-state index >= 15 is 0 Å². The maximum absolute atomic E-state index is 12.6. The van der Waals surface area contributed by atoms with Crippen LogP contribution in [-0.4, -0.2) is 17.6 Å². The van der Waals surface area contributed by atoms with Crippen molar-refractivity contribution in [2.24, 2.45) is 0 Å². The molecule has 1 aliphatic carbocycles. The molecule has 1 aromatic rings. The molecule has 0 radical (unpaired) electrons. The summed E-state index contributed by atoms with van der Waals surface area (Å²) < 4.78 is 38.5. The second-order valence-corrected chi connectivity index (χ2v) is 4.96. The van der Waals surface area contributed by atoms with Gasteiger partial charge in [-0.25, -0.2) is 0 Å². The first-order valence-electron chi connectivity index (χ1n) is 4.99. The minimum absolute atomic E-state index is 0.0454. The average molecular weight is 308 g/mol. The Balaban J connectivity index is 2.13. The van der Waals surface area contributed by atoms with E-state index < -0.39 is 17.6 Å². The number of benzene rings is 1. The van der Waals surface area contributed by atoms with Gasteiger partial charge in [-0.3, -0.25) is 4.79 Å². The van der Waals surface area contributed by atoms with Gasteiger partial charge in [0.1, 0.15) is 5.54 Å². The molecule has 92 valence electrons. The van der Waals surface area contributed by atoms with Gasteiger partial charge >= 0.3 is 6.18 Å². The Morgan fingerprint density at radius 1 is 1.35 bits per heavy atom. The van der Waals surface area contributed by atoms with Gasteiger partial charge in [0.05, 0.1) is 0 Å². The second-order valence-electron chi connectivity index (χ2n) is 4.04. The number of halogens is 4. The molecule has 0 atom stereocenters. The van der Waals surface area contributed by atoms with Gasteiger partial charge in [-0.15, -0.1) is 0 Å². The van der Waals surface area contributed by atoms with E-state index in [2.05, 4.69) is 21.2 Å². The van der Waals surface area contributed by atoms with Crippen LogP contribution < -0.4 is 5.32 Å². The highest BCUT2D eigenvalue weighted by atomic mass is 79.9. The topological polar surface area (TPSA) is 29.1 Å². The third-order valence-corrected chi connectivity index (χ3v) is 3.23. The number of amides is 1. The van der Waals surface area contributed by atoms with Crippen LogP contribution in [-0.2, 0) is 0 Å². The van der Waals surface area contributed by atoms with Gasteiger partial charge in [-0.05, 0) is 31.0 Å². The zero-order valence-electron chi connectivity index (χ0n) is 8.64. The first kappa shape index (κ1) is 12.4. The number of carbonyl (C=O) groups excluding carboxylic acids is 1. The molecule has 1 amide bonds. The van der Waals surface area contributed by atoms with E-state index in [1.807, 2.05) is 0 Å². The third kappa shape index (κ3) is 2.46. The van der Waals surface area contributed by atoms with Crippen LogP contribution in [0.5, 0.6) is 0 Å². The van der Waals surface area contributed by atoms with Crippen LogP contribution in [0, 0.1) is 0 Å². The Morgan fingerprint density at radius 2 is 2.00 bits per heavy atom. The van der Waals surface area contributed by atoms with Crippen LogP contribution in [0.3, 0.4) is 0 Å². The predicted molar refractivity (Wildman–Crippen MR) is 59.6 cm³/mol. The summed E-state index contributed by atoms with van der Waals surface area (Å²) in [7, 11) is 0. The fourth-order valence-electron chi connectivity index (χ4n) is 1.52. The highest BCUT2D eigenvalue weighted by Crippen LogP contribution is 2.49. The Kier molecular flexibility index (Phi) is 2.93. The zero-order valence-corrected chi connectivity index (χ0v) is 10.2. The van der Waals surface area contributed by atoms with Crippen LogP contribution in [0.15, 0.2) is 28.7 Å². The largest absolute Gasteiger partial charge is 0.411 e. The van der Waals surface area contributed by atoms with Crippen molar-refractivity contribution in [2.75, 3.05) is 0 Å². The van der Waals surface area contributed by atoms with Gasteiger partial charge in [0.2, 0.25) is 0 Å². The monoisotopic (exact) mass is 307 g/mol. The molecule has 0 aromatic heterocycles. The number of alkyl halides is 3. The maximum Gasteiger partial charge on any atom is 0.411 e. The van der Waals surface area contributed by atoms with Gasteiger partial charge < -0.3 is 5.32 Å². The summed E-state index contributed by atoms with van der Waals surface area (Å²) in [6.45, 7) is 0. The van der Waals surface area contributed by atoms with Crippen molar-refractivity contribution in [1.82, 2.24) is 5.32 Å². The molecule has 6 heteroatoms. The Hall–Kier alpha value is -1.04. The maximum atomic E-state index is 12.6. The molecule has 0 bridgehead atoms. The van der Waals surface area contributed by atoms with Gasteiger partial charge in [0.15, 0.2) is 0 Å². The first-order valence-corrected chi connectivity index (χ1v) is 5.78. The Morgan fingerprint density at radius 3 is 2.47 bits per heavy atom. The highest BCUT2D eigenvalue weighted by Gasteiger charge is 2.64. The van der Waals surface area contributed by atoms with E-state index in [4.69, 9.17) is 0 Å². The third-order valence-electron chi connectivity index (χ3n) is 2.73. The zero-order chi connectivity index (χ0) is 12.7. The molecule has 1 saturated carbocycles. The summed E-state index contributed by atoms with van der Waals surface area (Å²) in [5.41, 5.74) is -1.79. The first-order chi connectivity index (χ1) is 7.84. The number of hydrogen-bond donors (Lipinski definition) is 1. The summed E-state index contributed by atoms with van der Waals surface area (Å²) >= 11 is 3.16.